The Morgan fingerprint density at radius 3 is 2.44 bits per heavy atom. The van der Waals surface area contributed by atoms with Crippen LogP contribution in [0.4, 0.5) is 22.0 Å². The highest BCUT2D eigenvalue weighted by Gasteiger charge is 2.43. The molecule has 1 amide bonds. The Bertz CT molecular complexity index is 1380. The summed E-state index contributed by atoms with van der Waals surface area (Å²) in [7, 11) is -5.12. The number of nitriles is 1. The zero-order valence-corrected chi connectivity index (χ0v) is 16.7. The van der Waals surface area contributed by atoms with Gasteiger partial charge in [0.15, 0.2) is 11.4 Å². The summed E-state index contributed by atoms with van der Waals surface area (Å²) in [5.41, 5.74) is -3.66. The second kappa shape index (κ2) is 8.17. The predicted octanol–water partition coefficient (Wildman–Crippen LogP) is 3.21. The fraction of sp³-hybridized carbons (Fsp3) is 0.0588. The molecule has 3 aromatic rings. The summed E-state index contributed by atoms with van der Waals surface area (Å²) < 4.78 is 94.0. The van der Waals surface area contributed by atoms with E-state index in [0.29, 0.717) is 12.1 Å². The number of nitrogens with one attached hydrogen (secondary N) is 1. The highest BCUT2D eigenvalue weighted by Crippen LogP contribution is 2.34. The van der Waals surface area contributed by atoms with Crippen LogP contribution in [-0.2, 0) is 16.2 Å². The molecule has 0 saturated heterocycles. The van der Waals surface area contributed by atoms with Crippen molar-refractivity contribution in [2.24, 2.45) is 0 Å². The van der Waals surface area contributed by atoms with Gasteiger partial charge >= 0.3 is 6.18 Å². The molecule has 1 N–H and O–H groups in total. The van der Waals surface area contributed by atoms with Crippen molar-refractivity contribution < 1.29 is 35.2 Å². The Morgan fingerprint density at radius 1 is 1.16 bits per heavy atom. The minimum Gasteiger partial charge on any atom is -0.266 e. The number of halogens is 6. The molecule has 0 atom stereocenters. The molecule has 1 heterocycles. The molecule has 166 valence electrons. The number of aromatic nitrogens is 3. The van der Waals surface area contributed by atoms with E-state index in [-0.39, 0.29) is 21.3 Å². The number of amides is 1. The zero-order valence-electron chi connectivity index (χ0n) is 15.2. The first-order valence-electron chi connectivity index (χ1n) is 8.10. The van der Waals surface area contributed by atoms with E-state index in [2.05, 4.69) is 10.3 Å². The highest BCUT2D eigenvalue weighted by atomic mass is 35.5. The van der Waals surface area contributed by atoms with Gasteiger partial charge in [-0.2, -0.15) is 18.4 Å². The van der Waals surface area contributed by atoms with Crippen LogP contribution in [0.3, 0.4) is 0 Å². The molecule has 0 unspecified atom stereocenters. The lowest BCUT2D eigenvalue weighted by atomic mass is 10.2. The third-order valence-electron chi connectivity index (χ3n) is 3.87. The summed E-state index contributed by atoms with van der Waals surface area (Å²) in [5.74, 6) is -4.52. The average Bonchev–Trinajstić information content (AvgIpc) is 3.15. The normalized spacial score (nSPS) is 11.8. The molecule has 0 fully saturated rings. The Labute approximate surface area is 180 Å². The Kier molecular flexibility index (Phi) is 5.90. The van der Waals surface area contributed by atoms with E-state index in [1.807, 2.05) is 0 Å². The lowest BCUT2D eigenvalue weighted by molar-refractivity contribution is -0.143. The van der Waals surface area contributed by atoms with Crippen LogP contribution in [0.2, 0.25) is 5.02 Å². The summed E-state index contributed by atoms with van der Waals surface area (Å²) in [6.07, 6.45) is -5.28. The molecule has 0 aliphatic heterocycles. The van der Waals surface area contributed by atoms with Crippen LogP contribution in [0.5, 0.6) is 0 Å². The number of rotatable bonds is 4. The minimum atomic E-state index is -5.28. The molecule has 15 heteroatoms. The van der Waals surface area contributed by atoms with Gasteiger partial charge in [-0.3, -0.25) is 4.79 Å². The summed E-state index contributed by atoms with van der Waals surface area (Å²) >= 11 is 5.89. The molecule has 0 saturated carbocycles. The Balaban J connectivity index is 2.08. The van der Waals surface area contributed by atoms with Gasteiger partial charge in [0.2, 0.25) is 0 Å². The number of carbonyl (C=O) groups excluding carboxylic acids is 1. The van der Waals surface area contributed by atoms with Gasteiger partial charge in [-0.05, 0) is 36.4 Å². The number of hydrogen-bond acceptors (Lipinski definition) is 6. The second-order valence-corrected chi connectivity index (χ2v) is 8.04. The van der Waals surface area contributed by atoms with Crippen LogP contribution in [0, 0.1) is 23.0 Å². The molecule has 0 spiro atoms. The minimum absolute atomic E-state index is 0.0219. The molecule has 2 aromatic carbocycles. The Hall–Kier alpha value is -3.57. The molecular weight excluding hydrogens is 485 g/mol. The number of benzene rings is 2. The largest absolute Gasteiger partial charge is 0.435 e. The number of sulfonamides is 1. The standard InChI is InChI=1S/C17H7ClF5N5O3S/c18-10-5-8(7-24)1-4-12(10)28-15(17(21,22)23)14(25-27-28)16(29)26-32(30,31)13-6-9(19)2-3-11(13)20/h1-6H,(H,26,29). The fourth-order valence-electron chi connectivity index (χ4n) is 2.51. The molecule has 0 aliphatic rings. The van der Waals surface area contributed by atoms with Crippen molar-refractivity contribution in [3.05, 3.63) is 70.0 Å². The van der Waals surface area contributed by atoms with Crippen molar-refractivity contribution in [3.8, 4) is 11.8 Å². The first-order chi connectivity index (χ1) is 14.8. The quantitative estimate of drug-likeness (QED) is 0.560. The van der Waals surface area contributed by atoms with E-state index >= 15 is 0 Å². The fourth-order valence-corrected chi connectivity index (χ4v) is 3.82. The van der Waals surface area contributed by atoms with Crippen molar-refractivity contribution in [1.29, 1.82) is 5.26 Å². The maximum Gasteiger partial charge on any atom is 0.435 e. The van der Waals surface area contributed by atoms with E-state index < -0.39 is 55.7 Å². The van der Waals surface area contributed by atoms with E-state index in [1.54, 1.807) is 6.07 Å². The van der Waals surface area contributed by atoms with Crippen molar-refractivity contribution in [1.82, 2.24) is 19.7 Å². The topological polar surface area (TPSA) is 118 Å². The van der Waals surface area contributed by atoms with E-state index in [4.69, 9.17) is 16.9 Å². The molecule has 0 bridgehead atoms. The van der Waals surface area contributed by atoms with Crippen LogP contribution >= 0.6 is 11.6 Å². The van der Waals surface area contributed by atoms with Crippen LogP contribution in [0.25, 0.3) is 5.69 Å². The maximum absolute atomic E-state index is 13.8. The average molecular weight is 492 g/mol. The second-order valence-electron chi connectivity index (χ2n) is 5.98. The highest BCUT2D eigenvalue weighted by molar-refractivity contribution is 7.90. The lowest BCUT2D eigenvalue weighted by Crippen LogP contribution is -2.33. The van der Waals surface area contributed by atoms with Crippen LogP contribution in [-0.4, -0.2) is 29.3 Å². The monoisotopic (exact) mass is 491 g/mol. The summed E-state index contributed by atoms with van der Waals surface area (Å²) in [5, 5.41) is 14.8. The smallest absolute Gasteiger partial charge is 0.266 e. The molecule has 0 aliphatic carbocycles. The Morgan fingerprint density at radius 2 is 1.84 bits per heavy atom. The summed E-state index contributed by atoms with van der Waals surface area (Å²) in [6.45, 7) is 0. The molecule has 3 rings (SSSR count). The molecule has 8 nitrogen and oxygen atoms in total. The van der Waals surface area contributed by atoms with Crippen molar-refractivity contribution >= 4 is 27.5 Å². The van der Waals surface area contributed by atoms with Crippen LogP contribution in [0.15, 0.2) is 41.3 Å². The van der Waals surface area contributed by atoms with Crippen molar-refractivity contribution in [2.75, 3.05) is 0 Å². The van der Waals surface area contributed by atoms with Gasteiger partial charge in [0, 0.05) is 0 Å². The maximum atomic E-state index is 13.8. The summed E-state index contributed by atoms with van der Waals surface area (Å²) in [6, 6.07) is 6.19. The van der Waals surface area contributed by atoms with Gasteiger partial charge in [-0.25, -0.2) is 26.6 Å². The number of carbonyl (C=O) groups is 1. The van der Waals surface area contributed by atoms with E-state index in [9.17, 15) is 35.2 Å². The van der Waals surface area contributed by atoms with Gasteiger partial charge in [0.1, 0.15) is 16.5 Å². The number of alkyl halides is 3. The zero-order chi connectivity index (χ0) is 23.8. The molecule has 1 aromatic heterocycles. The first kappa shape index (κ1) is 23.1. The number of hydrogen-bond donors (Lipinski definition) is 1. The van der Waals surface area contributed by atoms with Gasteiger partial charge < -0.3 is 0 Å². The van der Waals surface area contributed by atoms with Crippen molar-refractivity contribution in [2.45, 2.75) is 11.1 Å². The van der Waals surface area contributed by atoms with Gasteiger partial charge in [-0.1, -0.05) is 16.8 Å². The van der Waals surface area contributed by atoms with E-state index in [0.717, 1.165) is 18.2 Å². The molecule has 0 radical (unpaired) electrons. The summed E-state index contributed by atoms with van der Waals surface area (Å²) in [4.78, 5) is 11.0. The third kappa shape index (κ3) is 4.39. The van der Waals surface area contributed by atoms with E-state index in [1.165, 1.54) is 4.72 Å². The van der Waals surface area contributed by atoms with Gasteiger partial charge in [-0.15, -0.1) is 5.10 Å². The molecular formula is C17H7ClF5N5O3S. The van der Waals surface area contributed by atoms with Crippen molar-refractivity contribution in [3.63, 3.8) is 0 Å². The first-order valence-corrected chi connectivity index (χ1v) is 9.96. The third-order valence-corrected chi connectivity index (χ3v) is 5.52. The van der Waals surface area contributed by atoms with Gasteiger partial charge in [0.25, 0.3) is 15.9 Å². The number of nitrogens with zero attached hydrogens (tertiary/aromatic N) is 4. The predicted molar refractivity (Wildman–Crippen MR) is 97.1 cm³/mol. The van der Waals surface area contributed by atoms with Crippen LogP contribution in [0.1, 0.15) is 21.7 Å². The SMILES string of the molecule is N#Cc1ccc(-n2nnc(C(=O)NS(=O)(=O)c3cc(F)ccc3F)c2C(F)(F)F)c(Cl)c1. The molecule has 32 heavy (non-hydrogen) atoms. The lowest BCUT2D eigenvalue weighted by Gasteiger charge is -2.12. The van der Waals surface area contributed by atoms with Crippen LogP contribution < -0.4 is 4.72 Å². The van der Waals surface area contributed by atoms with Gasteiger partial charge in [0.05, 0.1) is 22.3 Å².